The minimum Gasteiger partial charge on any atom is -0.461 e. The van der Waals surface area contributed by atoms with Crippen molar-refractivity contribution in [2.45, 2.75) is 33.6 Å². The van der Waals surface area contributed by atoms with Crippen molar-refractivity contribution in [1.29, 1.82) is 0 Å². The smallest absolute Gasteiger partial charge is 0.308 e. The van der Waals surface area contributed by atoms with Gasteiger partial charge < -0.3 is 4.74 Å². The van der Waals surface area contributed by atoms with Crippen LogP contribution >= 0.6 is 0 Å². The standard InChI is InChI=1S/C10H18O2/c1-4-5-6-7-8-12-10(11)9(2)3/h6-7,9H,4-5,8H2,1-3H3/b7-6-. The number of ether oxygens (including phenoxy) is 1. The van der Waals surface area contributed by atoms with Gasteiger partial charge in [0, 0.05) is 0 Å². The first-order chi connectivity index (χ1) is 5.68. The first-order valence-electron chi connectivity index (χ1n) is 4.50. The largest absolute Gasteiger partial charge is 0.461 e. The fourth-order valence-electron chi connectivity index (χ4n) is 0.649. The molecule has 0 aliphatic carbocycles. The highest BCUT2D eigenvalue weighted by atomic mass is 16.5. The van der Waals surface area contributed by atoms with Crippen LogP contribution in [0.4, 0.5) is 0 Å². The van der Waals surface area contributed by atoms with E-state index in [1.165, 1.54) is 0 Å². The molecule has 0 amide bonds. The summed E-state index contributed by atoms with van der Waals surface area (Å²) < 4.78 is 4.92. The highest BCUT2D eigenvalue weighted by Crippen LogP contribution is 1.96. The Morgan fingerprint density at radius 1 is 1.42 bits per heavy atom. The Labute approximate surface area is 74.6 Å². The Kier molecular flexibility index (Phi) is 6.44. The maximum atomic E-state index is 10.9. The van der Waals surface area contributed by atoms with Crippen LogP contribution in [-0.4, -0.2) is 12.6 Å². The summed E-state index contributed by atoms with van der Waals surface area (Å²) in [6.07, 6.45) is 6.12. The van der Waals surface area contributed by atoms with E-state index in [2.05, 4.69) is 6.92 Å². The Morgan fingerprint density at radius 2 is 2.08 bits per heavy atom. The zero-order chi connectivity index (χ0) is 9.40. The molecular formula is C10H18O2. The number of hydrogen-bond acceptors (Lipinski definition) is 2. The molecule has 0 N–H and O–H groups in total. The second-order valence-electron chi connectivity index (χ2n) is 3.04. The molecule has 2 heteroatoms. The lowest BCUT2D eigenvalue weighted by molar-refractivity contribution is -0.146. The van der Waals surface area contributed by atoms with E-state index in [4.69, 9.17) is 4.74 Å². The second kappa shape index (κ2) is 6.89. The molecule has 0 bridgehead atoms. The average molecular weight is 170 g/mol. The number of hydrogen-bond donors (Lipinski definition) is 0. The fourth-order valence-corrected chi connectivity index (χ4v) is 0.649. The van der Waals surface area contributed by atoms with E-state index in [9.17, 15) is 4.79 Å². The van der Waals surface area contributed by atoms with Gasteiger partial charge in [-0.05, 0) is 6.42 Å². The molecule has 0 aromatic carbocycles. The van der Waals surface area contributed by atoms with Crippen molar-refractivity contribution >= 4 is 5.97 Å². The maximum Gasteiger partial charge on any atom is 0.308 e. The summed E-state index contributed by atoms with van der Waals surface area (Å²) in [6, 6.07) is 0. The Balaban J connectivity index is 3.37. The summed E-state index contributed by atoms with van der Waals surface area (Å²) in [6.45, 7) is 6.19. The zero-order valence-electron chi connectivity index (χ0n) is 8.17. The van der Waals surface area contributed by atoms with Gasteiger partial charge in [-0.2, -0.15) is 0 Å². The molecule has 0 atom stereocenters. The third kappa shape index (κ3) is 5.96. The minimum atomic E-state index is -0.129. The molecule has 0 unspecified atom stereocenters. The highest BCUT2D eigenvalue weighted by Gasteiger charge is 2.05. The van der Waals surface area contributed by atoms with Gasteiger partial charge >= 0.3 is 5.97 Å². The van der Waals surface area contributed by atoms with Crippen molar-refractivity contribution in [3.05, 3.63) is 12.2 Å². The molecule has 0 aromatic heterocycles. The molecule has 0 saturated carbocycles. The van der Waals surface area contributed by atoms with Gasteiger partial charge in [0.2, 0.25) is 0 Å². The van der Waals surface area contributed by atoms with Crippen molar-refractivity contribution in [3.8, 4) is 0 Å². The van der Waals surface area contributed by atoms with E-state index < -0.39 is 0 Å². The van der Waals surface area contributed by atoms with Crippen LogP contribution in [0.1, 0.15) is 33.6 Å². The lowest BCUT2D eigenvalue weighted by Crippen LogP contribution is -2.11. The minimum absolute atomic E-state index is 0.0235. The summed E-state index contributed by atoms with van der Waals surface area (Å²) in [4.78, 5) is 10.9. The molecule has 70 valence electrons. The molecule has 0 fully saturated rings. The highest BCUT2D eigenvalue weighted by molar-refractivity contribution is 5.71. The Hall–Kier alpha value is -0.790. The van der Waals surface area contributed by atoms with Crippen LogP contribution in [0.2, 0.25) is 0 Å². The van der Waals surface area contributed by atoms with Crippen LogP contribution in [0, 0.1) is 5.92 Å². The Bertz CT molecular complexity index is 148. The molecule has 0 aliphatic heterocycles. The number of carbonyl (C=O) groups excluding carboxylic acids is 1. The van der Waals surface area contributed by atoms with E-state index in [0.717, 1.165) is 12.8 Å². The van der Waals surface area contributed by atoms with Crippen LogP contribution in [0.25, 0.3) is 0 Å². The fraction of sp³-hybridized carbons (Fsp3) is 0.700. The topological polar surface area (TPSA) is 26.3 Å². The van der Waals surface area contributed by atoms with E-state index >= 15 is 0 Å². The molecule has 0 aromatic rings. The van der Waals surface area contributed by atoms with Gasteiger partial charge in [0.15, 0.2) is 0 Å². The quantitative estimate of drug-likeness (QED) is 0.468. The number of unbranched alkanes of at least 4 members (excludes halogenated alkanes) is 1. The summed E-state index contributed by atoms with van der Waals surface area (Å²) in [7, 11) is 0. The van der Waals surface area contributed by atoms with Crippen molar-refractivity contribution < 1.29 is 9.53 Å². The number of allylic oxidation sites excluding steroid dienone is 1. The van der Waals surface area contributed by atoms with E-state index in [-0.39, 0.29) is 11.9 Å². The van der Waals surface area contributed by atoms with Gasteiger partial charge in [-0.3, -0.25) is 4.79 Å². The van der Waals surface area contributed by atoms with E-state index in [1.807, 2.05) is 26.0 Å². The summed E-state index contributed by atoms with van der Waals surface area (Å²) >= 11 is 0. The Morgan fingerprint density at radius 3 is 2.58 bits per heavy atom. The van der Waals surface area contributed by atoms with Gasteiger partial charge in [-0.15, -0.1) is 0 Å². The summed E-state index contributed by atoms with van der Waals surface area (Å²) in [5, 5.41) is 0. The van der Waals surface area contributed by atoms with Crippen LogP contribution in [-0.2, 0) is 9.53 Å². The molecule has 0 spiro atoms. The van der Waals surface area contributed by atoms with Gasteiger partial charge in [-0.1, -0.05) is 39.3 Å². The monoisotopic (exact) mass is 170 g/mol. The maximum absolute atomic E-state index is 10.9. The van der Waals surface area contributed by atoms with Gasteiger partial charge in [0.25, 0.3) is 0 Å². The van der Waals surface area contributed by atoms with Crippen LogP contribution in [0.15, 0.2) is 12.2 Å². The molecule has 0 saturated heterocycles. The molecule has 0 radical (unpaired) electrons. The molecule has 0 aliphatic rings. The predicted octanol–water partition coefficient (Wildman–Crippen LogP) is 2.54. The SMILES string of the molecule is CCC/C=C\COC(=O)C(C)C. The van der Waals surface area contributed by atoms with Crippen LogP contribution < -0.4 is 0 Å². The first-order valence-corrected chi connectivity index (χ1v) is 4.50. The lowest BCUT2D eigenvalue weighted by atomic mass is 10.2. The normalized spacial score (nSPS) is 11.0. The molecule has 0 heterocycles. The van der Waals surface area contributed by atoms with Gasteiger partial charge in [0.05, 0.1) is 5.92 Å². The number of rotatable bonds is 5. The third-order valence-electron chi connectivity index (χ3n) is 1.42. The molecule has 12 heavy (non-hydrogen) atoms. The van der Waals surface area contributed by atoms with Crippen molar-refractivity contribution in [3.63, 3.8) is 0 Å². The summed E-state index contributed by atoms with van der Waals surface area (Å²) in [5.41, 5.74) is 0. The van der Waals surface area contributed by atoms with Crippen molar-refractivity contribution in [1.82, 2.24) is 0 Å². The molecule has 0 rings (SSSR count). The van der Waals surface area contributed by atoms with Gasteiger partial charge in [-0.25, -0.2) is 0 Å². The number of carbonyl (C=O) groups is 1. The number of esters is 1. The second-order valence-corrected chi connectivity index (χ2v) is 3.04. The van der Waals surface area contributed by atoms with Crippen molar-refractivity contribution in [2.75, 3.05) is 6.61 Å². The first kappa shape index (κ1) is 11.2. The average Bonchev–Trinajstić information content (AvgIpc) is 2.03. The van der Waals surface area contributed by atoms with Crippen LogP contribution in [0.5, 0.6) is 0 Å². The lowest BCUT2D eigenvalue weighted by Gasteiger charge is -2.03. The predicted molar refractivity (Wildman–Crippen MR) is 49.8 cm³/mol. The van der Waals surface area contributed by atoms with E-state index in [1.54, 1.807) is 0 Å². The summed E-state index contributed by atoms with van der Waals surface area (Å²) in [5.74, 6) is -0.152. The van der Waals surface area contributed by atoms with E-state index in [0.29, 0.717) is 6.61 Å². The molecule has 2 nitrogen and oxygen atoms in total. The molecular weight excluding hydrogens is 152 g/mol. The van der Waals surface area contributed by atoms with Gasteiger partial charge in [0.1, 0.15) is 6.61 Å². The third-order valence-corrected chi connectivity index (χ3v) is 1.42. The zero-order valence-corrected chi connectivity index (χ0v) is 8.17. The van der Waals surface area contributed by atoms with Crippen LogP contribution in [0.3, 0.4) is 0 Å². The van der Waals surface area contributed by atoms with Crippen molar-refractivity contribution in [2.24, 2.45) is 5.92 Å².